The molecule has 1 N–H and O–H groups in total. The number of aromatic nitrogens is 2. The molecule has 2 heterocycles. The summed E-state index contributed by atoms with van der Waals surface area (Å²) in [5.74, 6) is 0. The van der Waals surface area contributed by atoms with E-state index in [4.69, 9.17) is 9.84 Å². The number of aryl methyl sites for hydroxylation is 1. The fraction of sp³-hybridized carbons (Fsp3) is 0.812. The molecular formula is C16H29N3O. The van der Waals surface area contributed by atoms with Crippen molar-refractivity contribution in [3.05, 3.63) is 17.0 Å². The van der Waals surface area contributed by atoms with Crippen LogP contribution in [0, 0.1) is 13.8 Å². The van der Waals surface area contributed by atoms with Crippen molar-refractivity contribution in [2.75, 3.05) is 7.05 Å². The van der Waals surface area contributed by atoms with Gasteiger partial charge in [0, 0.05) is 23.7 Å². The minimum absolute atomic E-state index is 0.0880. The Morgan fingerprint density at radius 2 is 1.90 bits per heavy atom. The second-order valence-corrected chi connectivity index (χ2v) is 7.22. The highest BCUT2D eigenvalue weighted by Crippen LogP contribution is 2.45. The third-order valence-corrected chi connectivity index (χ3v) is 4.57. The van der Waals surface area contributed by atoms with Gasteiger partial charge in [-0.2, -0.15) is 5.10 Å². The fourth-order valence-corrected chi connectivity index (χ4v) is 3.66. The topological polar surface area (TPSA) is 39.1 Å². The predicted octanol–water partition coefficient (Wildman–Crippen LogP) is 3.30. The van der Waals surface area contributed by atoms with Gasteiger partial charge in [-0.15, -0.1) is 0 Å². The van der Waals surface area contributed by atoms with Crippen molar-refractivity contribution in [3.8, 4) is 0 Å². The Balaban J connectivity index is 2.44. The average molecular weight is 279 g/mol. The Hall–Kier alpha value is -0.870. The van der Waals surface area contributed by atoms with Crippen LogP contribution in [-0.4, -0.2) is 28.0 Å². The van der Waals surface area contributed by atoms with Crippen LogP contribution in [-0.2, 0) is 4.74 Å². The van der Waals surface area contributed by atoms with Crippen LogP contribution in [0.3, 0.4) is 0 Å². The van der Waals surface area contributed by atoms with E-state index in [-0.39, 0.29) is 17.2 Å². The van der Waals surface area contributed by atoms with Gasteiger partial charge in [-0.3, -0.25) is 4.68 Å². The first-order valence-electron chi connectivity index (χ1n) is 7.52. The van der Waals surface area contributed by atoms with Gasteiger partial charge in [0.25, 0.3) is 0 Å². The van der Waals surface area contributed by atoms with Crippen molar-refractivity contribution in [3.63, 3.8) is 0 Å². The van der Waals surface area contributed by atoms with Crippen LogP contribution in [0.4, 0.5) is 0 Å². The van der Waals surface area contributed by atoms with Gasteiger partial charge >= 0.3 is 0 Å². The summed E-state index contributed by atoms with van der Waals surface area (Å²) in [5, 5.41) is 8.14. The number of nitrogens with zero attached hydrogens (tertiary/aromatic N) is 2. The van der Waals surface area contributed by atoms with Gasteiger partial charge in [0.15, 0.2) is 0 Å². The van der Waals surface area contributed by atoms with Gasteiger partial charge in [-0.05, 0) is 55.5 Å². The van der Waals surface area contributed by atoms with Crippen LogP contribution in [0.15, 0.2) is 0 Å². The lowest BCUT2D eigenvalue weighted by atomic mass is 9.94. The highest BCUT2D eigenvalue weighted by atomic mass is 16.5. The lowest BCUT2D eigenvalue weighted by molar-refractivity contribution is -0.0739. The van der Waals surface area contributed by atoms with E-state index in [1.54, 1.807) is 0 Å². The summed E-state index contributed by atoms with van der Waals surface area (Å²) < 4.78 is 8.41. The molecule has 1 saturated heterocycles. The minimum atomic E-state index is -0.188. The van der Waals surface area contributed by atoms with Crippen LogP contribution in [0.25, 0.3) is 0 Å². The molecule has 0 aromatic carbocycles. The average Bonchev–Trinajstić information content (AvgIpc) is 2.70. The summed E-state index contributed by atoms with van der Waals surface area (Å²) in [5.41, 5.74) is 3.41. The molecule has 2 atom stereocenters. The van der Waals surface area contributed by atoms with Gasteiger partial charge in [0.2, 0.25) is 0 Å². The molecule has 2 unspecified atom stereocenters. The van der Waals surface area contributed by atoms with Crippen molar-refractivity contribution in [1.29, 1.82) is 0 Å². The Morgan fingerprint density at radius 3 is 2.35 bits per heavy atom. The molecule has 0 spiro atoms. The SMILES string of the molecule is CNC(C)c1c(C)nn(C2CC(C)(C)OC2(C)C)c1C. The Morgan fingerprint density at radius 1 is 1.30 bits per heavy atom. The van der Waals surface area contributed by atoms with Crippen molar-refractivity contribution < 1.29 is 4.74 Å². The second kappa shape index (κ2) is 4.85. The summed E-state index contributed by atoms with van der Waals surface area (Å²) in [7, 11) is 1.99. The van der Waals surface area contributed by atoms with E-state index in [0.29, 0.717) is 6.04 Å². The van der Waals surface area contributed by atoms with E-state index in [9.17, 15) is 0 Å². The van der Waals surface area contributed by atoms with Gasteiger partial charge in [-0.25, -0.2) is 0 Å². The molecule has 0 aliphatic carbocycles. The molecule has 0 saturated carbocycles. The summed E-state index contributed by atoms with van der Waals surface area (Å²) in [4.78, 5) is 0. The molecule has 0 radical (unpaired) electrons. The molecule has 4 nitrogen and oxygen atoms in total. The number of hydrogen-bond acceptors (Lipinski definition) is 3. The number of ether oxygens (including phenoxy) is 1. The van der Waals surface area contributed by atoms with Crippen LogP contribution < -0.4 is 5.32 Å². The fourth-order valence-electron chi connectivity index (χ4n) is 3.66. The van der Waals surface area contributed by atoms with Gasteiger partial charge in [-0.1, -0.05) is 0 Å². The van der Waals surface area contributed by atoms with Gasteiger partial charge in [0.1, 0.15) is 0 Å². The van der Waals surface area contributed by atoms with E-state index in [0.717, 1.165) is 12.1 Å². The maximum Gasteiger partial charge on any atom is 0.0858 e. The van der Waals surface area contributed by atoms with Crippen molar-refractivity contribution in [2.24, 2.45) is 0 Å². The van der Waals surface area contributed by atoms with Crippen molar-refractivity contribution >= 4 is 0 Å². The molecule has 4 heteroatoms. The normalized spacial score (nSPS) is 25.9. The van der Waals surface area contributed by atoms with E-state index in [1.165, 1.54) is 11.3 Å². The van der Waals surface area contributed by atoms with Crippen LogP contribution >= 0.6 is 0 Å². The first-order chi connectivity index (χ1) is 9.09. The van der Waals surface area contributed by atoms with Crippen LogP contribution in [0.5, 0.6) is 0 Å². The maximum atomic E-state index is 6.22. The van der Waals surface area contributed by atoms with Crippen molar-refractivity contribution in [1.82, 2.24) is 15.1 Å². The second-order valence-electron chi connectivity index (χ2n) is 7.22. The molecule has 0 bridgehead atoms. The molecule has 1 aromatic rings. The summed E-state index contributed by atoms with van der Waals surface area (Å²) >= 11 is 0. The molecule has 2 rings (SSSR count). The highest BCUT2D eigenvalue weighted by molar-refractivity contribution is 5.28. The standard InChI is InChI=1S/C16H29N3O/c1-10(17-8)14-11(2)18-19(12(14)3)13-9-15(4,5)20-16(13,6)7/h10,13,17H,9H2,1-8H3. The largest absolute Gasteiger partial charge is 0.367 e. The van der Waals surface area contributed by atoms with Gasteiger partial charge in [0.05, 0.1) is 22.9 Å². The molecule has 1 fully saturated rings. The molecule has 114 valence electrons. The van der Waals surface area contributed by atoms with E-state index in [1.807, 2.05) is 7.05 Å². The molecule has 1 aromatic heterocycles. The third kappa shape index (κ3) is 2.51. The summed E-state index contributed by atoms with van der Waals surface area (Å²) in [6, 6.07) is 0.608. The highest BCUT2D eigenvalue weighted by Gasteiger charge is 2.48. The lowest BCUT2D eigenvalue weighted by Gasteiger charge is -2.28. The van der Waals surface area contributed by atoms with Gasteiger partial charge < -0.3 is 10.1 Å². The first kappa shape index (κ1) is 15.5. The Labute approximate surface area is 122 Å². The first-order valence-corrected chi connectivity index (χ1v) is 7.52. The number of rotatable bonds is 3. The smallest absolute Gasteiger partial charge is 0.0858 e. The Bertz CT molecular complexity index is 502. The molecule has 0 amide bonds. The Kier molecular flexibility index (Phi) is 3.76. The zero-order chi connectivity index (χ0) is 15.3. The molecule has 1 aliphatic rings. The van der Waals surface area contributed by atoms with E-state index < -0.39 is 0 Å². The zero-order valence-electron chi connectivity index (χ0n) is 14.2. The number of nitrogens with one attached hydrogen (secondary N) is 1. The molecular weight excluding hydrogens is 250 g/mol. The lowest BCUT2D eigenvalue weighted by Crippen LogP contribution is -2.32. The van der Waals surface area contributed by atoms with Crippen LogP contribution in [0.1, 0.15) is 70.1 Å². The monoisotopic (exact) mass is 279 g/mol. The minimum Gasteiger partial charge on any atom is -0.367 e. The summed E-state index contributed by atoms with van der Waals surface area (Å²) in [6.45, 7) is 15.1. The number of hydrogen-bond donors (Lipinski definition) is 1. The maximum absolute atomic E-state index is 6.22. The quantitative estimate of drug-likeness (QED) is 0.922. The molecule has 20 heavy (non-hydrogen) atoms. The summed E-state index contributed by atoms with van der Waals surface area (Å²) in [6.07, 6.45) is 0.995. The zero-order valence-corrected chi connectivity index (χ0v) is 14.2. The van der Waals surface area contributed by atoms with E-state index >= 15 is 0 Å². The third-order valence-electron chi connectivity index (χ3n) is 4.57. The van der Waals surface area contributed by atoms with Crippen molar-refractivity contribution in [2.45, 2.75) is 78.2 Å². The molecule has 1 aliphatic heterocycles. The predicted molar refractivity (Wildman–Crippen MR) is 82.1 cm³/mol. The van der Waals surface area contributed by atoms with E-state index in [2.05, 4.69) is 58.5 Å². The van der Waals surface area contributed by atoms with Crippen LogP contribution in [0.2, 0.25) is 0 Å².